The molecule has 0 amide bonds. The summed E-state index contributed by atoms with van der Waals surface area (Å²) in [5.41, 5.74) is 0. The largest absolute Gasteiger partial charge is 0.466 e. The van der Waals surface area contributed by atoms with Crippen LogP contribution in [-0.4, -0.2) is 29.4 Å². The van der Waals surface area contributed by atoms with Crippen LogP contribution in [0, 0.1) is 0 Å². The summed E-state index contributed by atoms with van der Waals surface area (Å²) in [5, 5.41) is 0. The Kier molecular flexibility index (Phi) is 18.4. The molecule has 0 aliphatic rings. The minimum atomic E-state index is -4.64. The van der Waals surface area contributed by atoms with E-state index in [4.69, 9.17) is 38.5 Å². The average Bonchev–Trinajstić information content (AvgIpc) is 1.12. The maximum Gasteiger partial charge on any atom is 0.466 e. The average molecular weight is 335 g/mol. The molecular weight excluding hydrogens is 329 g/mol. The second-order valence-electron chi connectivity index (χ2n) is 1.03. The molecule has 12 heteroatoms. The summed E-state index contributed by atoms with van der Waals surface area (Å²) >= 11 is 0. The monoisotopic (exact) mass is 334 g/mol. The van der Waals surface area contributed by atoms with E-state index in [0.717, 1.165) is 0 Å². The van der Waals surface area contributed by atoms with Crippen LogP contribution in [0.1, 0.15) is 0 Å². The molecule has 0 aromatic carbocycles. The SMILES string of the molecule is O=P(O)(O)O.O=P(O)(O)O.[Ti].[Zr]. The Hall–Kier alpha value is 1.82. The first-order chi connectivity index (χ1) is 4.00. The van der Waals surface area contributed by atoms with Gasteiger partial charge in [0, 0.05) is 47.9 Å². The van der Waals surface area contributed by atoms with Crippen molar-refractivity contribution >= 4 is 15.6 Å². The third-order valence-corrected chi connectivity index (χ3v) is 0. The van der Waals surface area contributed by atoms with Crippen LogP contribution < -0.4 is 0 Å². The van der Waals surface area contributed by atoms with Gasteiger partial charge in [-0.3, -0.25) is 0 Å². The summed E-state index contributed by atoms with van der Waals surface area (Å²) in [7, 11) is -9.28. The van der Waals surface area contributed by atoms with E-state index in [-0.39, 0.29) is 47.9 Å². The molecule has 0 fully saturated rings. The number of hydrogen-bond acceptors (Lipinski definition) is 2. The molecule has 8 nitrogen and oxygen atoms in total. The molecule has 6 N–H and O–H groups in total. The quantitative estimate of drug-likeness (QED) is 0.222. The van der Waals surface area contributed by atoms with Gasteiger partial charge in [0.15, 0.2) is 0 Å². The predicted molar refractivity (Wildman–Crippen MR) is 28.5 cm³/mol. The van der Waals surface area contributed by atoms with Crippen LogP contribution in [0.25, 0.3) is 0 Å². The molecule has 0 heterocycles. The van der Waals surface area contributed by atoms with Crippen molar-refractivity contribution in [3.8, 4) is 0 Å². The van der Waals surface area contributed by atoms with E-state index in [1.807, 2.05) is 0 Å². The Morgan fingerprint density at radius 2 is 0.667 bits per heavy atom. The van der Waals surface area contributed by atoms with E-state index in [1.165, 1.54) is 0 Å². The van der Waals surface area contributed by atoms with Gasteiger partial charge in [-0.1, -0.05) is 0 Å². The maximum atomic E-state index is 8.88. The summed E-state index contributed by atoms with van der Waals surface area (Å²) < 4.78 is 17.8. The molecule has 0 aromatic heterocycles. The molecule has 0 aliphatic carbocycles. The van der Waals surface area contributed by atoms with Crippen molar-refractivity contribution in [3.63, 3.8) is 0 Å². The van der Waals surface area contributed by atoms with Crippen molar-refractivity contribution in [2.75, 3.05) is 0 Å². The molecule has 0 spiro atoms. The van der Waals surface area contributed by atoms with Gasteiger partial charge in [-0.25, -0.2) is 9.13 Å². The van der Waals surface area contributed by atoms with Crippen molar-refractivity contribution < 1.29 is 86.4 Å². The van der Waals surface area contributed by atoms with E-state index in [0.29, 0.717) is 0 Å². The Bertz CT molecular complexity index is 129. The first kappa shape index (κ1) is 23.6. The molecule has 0 aliphatic heterocycles. The molecule has 0 radical (unpaired) electrons. The van der Waals surface area contributed by atoms with Crippen LogP contribution in [0.2, 0.25) is 0 Å². The first-order valence-electron chi connectivity index (χ1n) is 1.57. The summed E-state index contributed by atoms with van der Waals surface area (Å²) in [4.78, 5) is 43.1. The van der Waals surface area contributed by atoms with Crippen molar-refractivity contribution in [2.45, 2.75) is 0 Å². The molecular formula is H6O8P2TiZr. The van der Waals surface area contributed by atoms with Crippen molar-refractivity contribution in [1.29, 1.82) is 0 Å². The standard InChI is InChI=1S/2H3O4P.Ti.Zr/c2*1-5(2,3)4;;/h2*(H3,1,2,3,4);;. The second-order valence-corrected chi connectivity index (χ2v) is 3.08. The second kappa shape index (κ2) is 9.38. The van der Waals surface area contributed by atoms with Gasteiger partial charge < -0.3 is 29.4 Å². The molecule has 0 atom stereocenters. The zero-order chi connectivity index (χ0) is 9.00. The fraction of sp³-hybridized carbons (Fsp3) is 0. The normalized spacial score (nSPS) is 9.83. The topological polar surface area (TPSA) is 156 Å². The van der Waals surface area contributed by atoms with Gasteiger partial charge in [-0.2, -0.15) is 0 Å². The minimum Gasteiger partial charge on any atom is -0.303 e. The van der Waals surface area contributed by atoms with E-state index >= 15 is 0 Å². The minimum absolute atomic E-state index is 0. The van der Waals surface area contributed by atoms with Crippen LogP contribution in [0.15, 0.2) is 0 Å². The van der Waals surface area contributed by atoms with Gasteiger partial charge in [-0.15, -0.1) is 0 Å². The fourth-order valence-electron chi connectivity index (χ4n) is 0. The van der Waals surface area contributed by atoms with Crippen molar-refractivity contribution in [1.82, 2.24) is 0 Å². The van der Waals surface area contributed by atoms with Crippen LogP contribution >= 0.6 is 15.6 Å². The Labute approximate surface area is 101 Å². The summed E-state index contributed by atoms with van der Waals surface area (Å²) in [6.45, 7) is 0. The van der Waals surface area contributed by atoms with E-state index in [9.17, 15) is 0 Å². The van der Waals surface area contributed by atoms with Gasteiger partial charge in [0.2, 0.25) is 0 Å². The van der Waals surface area contributed by atoms with Gasteiger partial charge in [-0.05, 0) is 0 Å². The third-order valence-electron chi connectivity index (χ3n) is 0. The Balaban J connectivity index is -0.0000000457. The fourth-order valence-corrected chi connectivity index (χ4v) is 0. The number of phosphoric acid groups is 2. The molecule has 0 rings (SSSR count). The molecule has 0 saturated carbocycles. The summed E-state index contributed by atoms with van der Waals surface area (Å²) in [5.74, 6) is 0. The van der Waals surface area contributed by atoms with Gasteiger partial charge in [0.05, 0.1) is 0 Å². The van der Waals surface area contributed by atoms with Gasteiger partial charge in [0.1, 0.15) is 0 Å². The Morgan fingerprint density at radius 1 is 0.667 bits per heavy atom. The van der Waals surface area contributed by atoms with E-state index in [1.54, 1.807) is 0 Å². The zero-order valence-corrected chi connectivity index (χ0v) is 11.2. The summed E-state index contributed by atoms with van der Waals surface area (Å²) in [6.07, 6.45) is 0. The van der Waals surface area contributed by atoms with Crippen molar-refractivity contribution in [2.24, 2.45) is 0 Å². The molecule has 12 heavy (non-hydrogen) atoms. The smallest absolute Gasteiger partial charge is 0.303 e. The van der Waals surface area contributed by atoms with E-state index in [2.05, 4.69) is 0 Å². The van der Waals surface area contributed by atoms with Crippen LogP contribution in [0.5, 0.6) is 0 Å². The molecule has 72 valence electrons. The molecule has 0 bridgehead atoms. The van der Waals surface area contributed by atoms with E-state index < -0.39 is 15.6 Å². The summed E-state index contributed by atoms with van der Waals surface area (Å²) in [6, 6.07) is 0. The first-order valence-corrected chi connectivity index (χ1v) is 4.70. The molecule has 0 saturated heterocycles. The van der Waals surface area contributed by atoms with Crippen LogP contribution in [0.4, 0.5) is 0 Å². The molecule has 0 unspecified atom stereocenters. The molecule has 0 aromatic rings. The zero-order valence-electron chi connectivity index (χ0n) is 5.39. The maximum absolute atomic E-state index is 8.88. The van der Waals surface area contributed by atoms with Gasteiger partial charge in [0.25, 0.3) is 0 Å². The number of rotatable bonds is 0. The van der Waals surface area contributed by atoms with Crippen LogP contribution in [0.3, 0.4) is 0 Å². The van der Waals surface area contributed by atoms with Crippen LogP contribution in [-0.2, 0) is 57.1 Å². The third kappa shape index (κ3) is 419. The predicted octanol–water partition coefficient (Wildman–Crippen LogP) is -1.86. The number of hydrogen-bond donors (Lipinski definition) is 6. The van der Waals surface area contributed by atoms with Gasteiger partial charge >= 0.3 is 15.6 Å². The van der Waals surface area contributed by atoms with Crippen molar-refractivity contribution in [3.05, 3.63) is 0 Å². The Morgan fingerprint density at radius 3 is 0.667 bits per heavy atom.